The average molecular weight is 282 g/mol. The Balaban J connectivity index is 1.65. The van der Waals surface area contributed by atoms with E-state index in [2.05, 4.69) is 38.3 Å². The van der Waals surface area contributed by atoms with Crippen LogP contribution in [0, 0.1) is 0 Å². The van der Waals surface area contributed by atoms with E-state index in [4.69, 9.17) is 4.74 Å². The van der Waals surface area contributed by atoms with Gasteiger partial charge in [-0.15, -0.1) is 0 Å². The average Bonchev–Trinajstić information content (AvgIpc) is 2.32. The minimum absolute atomic E-state index is 0.184. The van der Waals surface area contributed by atoms with Crippen LogP contribution in [0.5, 0.6) is 0 Å². The van der Waals surface area contributed by atoms with Crippen molar-refractivity contribution in [2.75, 3.05) is 13.2 Å². The molecule has 1 saturated carbocycles. The van der Waals surface area contributed by atoms with Crippen molar-refractivity contribution in [1.29, 1.82) is 0 Å². The van der Waals surface area contributed by atoms with E-state index < -0.39 is 0 Å². The number of hydrogen-bond acceptors (Lipinski definition) is 3. The van der Waals surface area contributed by atoms with Crippen LogP contribution >= 0.6 is 0 Å². The van der Waals surface area contributed by atoms with Crippen LogP contribution in [0.3, 0.4) is 0 Å². The van der Waals surface area contributed by atoms with Gasteiger partial charge < -0.3 is 15.4 Å². The molecule has 0 atom stereocenters. The molecule has 0 amide bonds. The first-order valence-electron chi connectivity index (χ1n) is 8.51. The predicted molar refractivity (Wildman–Crippen MR) is 85.1 cm³/mol. The molecule has 1 heterocycles. The maximum atomic E-state index is 6.14. The van der Waals surface area contributed by atoms with Crippen molar-refractivity contribution >= 4 is 0 Å². The highest BCUT2D eigenvalue weighted by molar-refractivity contribution is 4.97. The molecule has 20 heavy (non-hydrogen) atoms. The molecule has 0 spiro atoms. The zero-order valence-corrected chi connectivity index (χ0v) is 13.9. The number of piperidine rings is 1. The van der Waals surface area contributed by atoms with Crippen LogP contribution in [-0.2, 0) is 4.74 Å². The maximum absolute atomic E-state index is 6.14. The summed E-state index contributed by atoms with van der Waals surface area (Å²) in [6, 6.07) is 0.744. The van der Waals surface area contributed by atoms with Crippen molar-refractivity contribution in [3.05, 3.63) is 0 Å². The maximum Gasteiger partial charge on any atom is 0.0610 e. The minimum atomic E-state index is 0.184. The molecule has 0 aromatic rings. The third-order valence-corrected chi connectivity index (χ3v) is 4.65. The Labute approximate surface area is 125 Å². The van der Waals surface area contributed by atoms with Crippen LogP contribution in [0.25, 0.3) is 0 Å². The molecule has 0 radical (unpaired) electrons. The summed E-state index contributed by atoms with van der Waals surface area (Å²) in [5.41, 5.74) is 0.367. The molecule has 3 heteroatoms. The summed E-state index contributed by atoms with van der Waals surface area (Å²) < 4.78 is 6.14. The monoisotopic (exact) mass is 282 g/mol. The van der Waals surface area contributed by atoms with E-state index >= 15 is 0 Å². The molecule has 0 bridgehead atoms. The van der Waals surface area contributed by atoms with Crippen molar-refractivity contribution in [3.8, 4) is 0 Å². The van der Waals surface area contributed by atoms with Crippen molar-refractivity contribution in [2.45, 2.75) is 95.9 Å². The van der Waals surface area contributed by atoms with Gasteiger partial charge in [0, 0.05) is 23.7 Å². The molecule has 0 aromatic heterocycles. The van der Waals surface area contributed by atoms with Gasteiger partial charge in [-0.05, 0) is 53.4 Å². The Hall–Kier alpha value is -0.120. The summed E-state index contributed by atoms with van der Waals surface area (Å²) in [4.78, 5) is 0. The Morgan fingerprint density at radius 1 is 1.00 bits per heavy atom. The van der Waals surface area contributed by atoms with Gasteiger partial charge in [-0.2, -0.15) is 0 Å². The predicted octanol–water partition coefficient (Wildman–Crippen LogP) is 3.23. The SMILES string of the molecule is CC1(C)CC(OCCNC2CCCCC2)CC(C)(C)N1. The Bertz CT molecular complexity index is 279. The second-order valence-corrected chi connectivity index (χ2v) is 8.08. The quantitative estimate of drug-likeness (QED) is 0.760. The molecule has 2 aliphatic rings. The summed E-state index contributed by atoms with van der Waals surface area (Å²) in [5.74, 6) is 0. The fraction of sp³-hybridized carbons (Fsp3) is 1.00. The number of hydrogen-bond donors (Lipinski definition) is 2. The lowest BCUT2D eigenvalue weighted by atomic mass is 9.81. The van der Waals surface area contributed by atoms with Gasteiger partial charge >= 0.3 is 0 Å². The fourth-order valence-corrected chi connectivity index (χ4v) is 4.14. The minimum Gasteiger partial charge on any atom is -0.377 e. The van der Waals surface area contributed by atoms with Crippen molar-refractivity contribution in [2.24, 2.45) is 0 Å². The lowest BCUT2D eigenvalue weighted by Crippen LogP contribution is -2.59. The lowest BCUT2D eigenvalue weighted by molar-refractivity contribution is -0.0209. The standard InChI is InChI=1S/C17H34N2O/c1-16(2)12-15(13-17(3,4)19-16)20-11-10-18-14-8-6-5-7-9-14/h14-15,18-19H,5-13H2,1-4H3. The van der Waals surface area contributed by atoms with Gasteiger partial charge in [-0.1, -0.05) is 19.3 Å². The summed E-state index contributed by atoms with van der Waals surface area (Å²) in [5, 5.41) is 7.37. The molecule has 0 aromatic carbocycles. The third-order valence-electron chi connectivity index (χ3n) is 4.65. The van der Waals surface area contributed by atoms with E-state index in [0.29, 0.717) is 6.10 Å². The molecule has 3 nitrogen and oxygen atoms in total. The Morgan fingerprint density at radius 3 is 2.20 bits per heavy atom. The molecule has 0 unspecified atom stereocenters. The molecule has 2 N–H and O–H groups in total. The van der Waals surface area contributed by atoms with Crippen LogP contribution < -0.4 is 10.6 Å². The number of rotatable bonds is 5. The zero-order chi connectivity index (χ0) is 14.6. The van der Waals surface area contributed by atoms with E-state index in [-0.39, 0.29) is 11.1 Å². The van der Waals surface area contributed by atoms with Gasteiger partial charge in [0.05, 0.1) is 12.7 Å². The van der Waals surface area contributed by atoms with Gasteiger partial charge in [0.2, 0.25) is 0 Å². The molecule has 1 aliphatic heterocycles. The highest BCUT2D eigenvalue weighted by Gasteiger charge is 2.37. The molecule has 2 rings (SSSR count). The largest absolute Gasteiger partial charge is 0.377 e. The van der Waals surface area contributed by atoms with Crippen molar-refractivity contribution in [1.82, 2.24) is 10.6 Å². The van der Waals surface area contributed by atoms with Gasteiger partial charge in [0.1, 0.15) is 0 Å². The first-order valence-corrected chi connectivity index (χ1v) is 8.51. The summed E-state index contributed by atoms with van der Waals surface area (Å²) >= 11 is 0. The van der Waals surface area contributed by atoms with E-state index in [1.165, 1.54) is 32.1 Å². The Morgan fingerprint density at radius 2 is 1.60 bits per heavy atom. The molecule has 2 fully saturated rings. The second-order valence-electron chi connectivity index (χ2n) is 8.08. The van der Waals surface area contributed by atoms with Crippen molar-refractivity contribution < 1.29 is 4.74 Å². The number of nitrogens with one attached hydrogen (secondary N) is 2. The van der Waals surface area contributed by atoms with E-state index in [9.17, 15) is 0 Å². The molecular formula is C17H34N2O. The smallest absolute Gasteiger partial charge is 0.0610 e. The van der Waals surface area contributed by atoms with Crippen LogP contribution in [0.4, 0.5) is 0 Å². The van der Waals surface area contributed by atoms with E-state index in [1.54, 1.807) is 0 Å². The number of ether oxygens (including phenoxy) is 1. The molecule has 118 valence electrons. The fourth-order valence-electron chi connectivity index (χ4n) is 4.14. The topological polar surface area (TPSA) is 33.3 Å². The van der Waals surface area contributed by atoms with Gasteiger partial charge in [-0.25, -0.2) is 0 Å². The van der Waals surface area contributed by atoms with Crippen LogP contribution in [-0.4, -0.2) is 36.4 Å². The Kier molecular flexibility index (Phi) is 5.49. The van der Waals surface area contributed by atoms with Crippen LogP contribution in [0.1, 0.15) is 72.6 Å². The molecule has 1 saturated heterocycles. The summed E-state index contributed by atoms with van der Waals surface area (Å²) in [6.07, 6.45) is 9.55. The first-order chi connectivity index (χ1) is 9.36. The van der Waals surface area contributed by atoms with Gasteiger partial charge in [0.25, 0.3) is 0 Å². The van der Waals surface area contributed by atoms with Crippen molar-refractivity contribution in [3.63, 3.8) is 0 Å². The van der Waals surface area contributed by atoms with E-state index in [1.807, 2.05) is 0 Å². The molecular weight excluding hydrogens is 248 g/mol. The van der Waals surface area contributed by atoms with Crippen LogP contribution in [0.2, 0.25) is 0 Å². The normalized spacial score (nSPS) is 27.6. The highest BCUT2D eigenvalue weighted by Crippen LogP contribution is 2.30. The summed E-state index contributed by atoms with van der Waals surface area (Å²) in [6.45, 7) is 11.0. The first kappa shape index (κ1) is 16.3. The van der Waals surface area contributed by atoms with Gasteiger partial charge in [0.15, 0.2) is 0 Å². The second kappa shape index (κ2) is 6.76. The molecule has 1 aliphatic carbocycles. The van der Waals surface area contributed by atoms with Crippen LogP contribution in [0.15, 0.2) is 0 Å². The highest BCUT2D eigenvalue weighted by atomic mass is 16.5. The third kappa shape index (κ3) is 5.34. The van der Waals surface area contributed by atoms with E-state index in [0.717, 1.165) is 32.0 Å². The zero-order valence-electron chi connectivity index (χ0n) is 13.9. The summed E-state index contributed by atoms with van der Waals surface area (Å²) in [7, 11) is 0. The lowest BCUT2D eigenvalue weighted by Gasteiger charge is -2.46. The van der Waals surface area contributed by atoms with Gasteiger partial charge in [-0.3, -0.25) is 0 Å².